The number of methoxy groups -OCH3 is 1. The van der Waals surface area contributed by atoms with E-state index in [1.807, 2.05) is 23.1 Å². The molecule has 6 nitrogen and oxygen atoms in total. The minimum atomic E-state index is 0.00875. The number of amides is 1. The second kappa shape index (κ2) is 6.02. The second-order valence-electron chi connectivity index (χ2n) is 6.21. The summed E-state index contributed by atoms with van der Waals surface area (Å²) in [6, 6.07) is 5.82. The third-order valence-electron chi connectivity index (χ3n) is 4.95. The molecule has 1 saturated heterocycles. The molecule has 0 N–H and O–H groups in total. The van der Waals surface area contributed by atoms with Crippen LogP contribution in [0.25, 0.3) is 0 Å². The van der Waals surface area contributed by atoms with Crippen molar-refractivity contribution in [1.82, 2.24) is 4.90 Å². The lowest BCUT2D eigenvalue weighted by Gasteiger charge is -2.39. The Balaban J connectivity index is 1.46. The first kappa shape index (κ1) is 14.8. The van der Waals surface area contributed by atoms with Crippen LogP contribution in [0.1, 0.15) is 18.4 Å². The van der Waals surface area contributed by atoms with Gasteiger partial charge in [-0.3, -0.25) is 4.79 Å². The molecular weight excluding hydrogens is 298 g/mol. The van der Waals surface area contributed by atoms with E-state index >= 15 is 0 Å². The average molecular weight is 319 g/mol. The number of nitrogens with zero attached hydrogens (tertiary/aromatic N) is 1. The SMILES string of the molecule is CO[C@@H]1CC[C@@H]2[C@@H]1OCCN2C(=O)Cc1ccc2c(c1)OCO2. The summed E-state index contributed by atoms with van der Waals surface area (Å²) in [6.45, 7) is 1.48. The maximum atomic E-state index is 12.8. The van der Waals surface area contributed by atoms with E-state index in [0.717, 1.165) is 29.9 Å². The van der Waals surface area contributed by atoms with Crippen molar-refractivity contribution in [1.29, 1.82) is 0 Å². The highest BCUT2D eigenvalue weighted by Crippen LogP contribution is 2.34. The maximum absolute atomic E-state index is 12.8. The van der Waals surface area contributed by atoms with Gasteiger partial charge in [-0.1, -0.05) is 6.07 Å². The van der Waals surface area contributed by atoms with Crippen LogP contribution in [0.4, 0.5) is 0 Å². The number of rotatable bonds is 3. The van der Waals surface area contributed by atoms with Gasteiger partial charge in [0, 0.05) is 13.7 Å². The van der Waals surface area contributed by atoms with Crippen LogP contribution in [0.3, 0.4) is 0 Å². The first-order valence-electron chi connectivity index (χ1n) is 8.08. The Morgan fingerprint density at radius 3 is 3.04 bits per heavy atom. The average Bonchev–Trinajstić information content (AvgIpc) is 3.20. The van der Waals surface area contributed by atoms with Crippen molar-refractivity contribution < 1.29 is 23.7 Å². The molecule has 0 aromatic heterocycles. The van der Waals surface area contributed by atoms with Crippen molar-refractivity contribution in [2.45, 2.75) is 37.5 Å². The van der Waals surface area contributed by atoms with Crippen LogP contribution < -0.4 is 9.47 Å². The number of carbonyl (C=O) groups is 1. The Morgan fingerprint density at radius 1 is 1.30 bits per heavy atom. The molecule has 1 aliphatic carbocycles. The van der Waals surface area contributed by atoms with E-state index in [4.69, 9.17) is 18.9 Å². The molecule has 1 saturated carbocycles. The summed E-state index contributed by atoms with van der Waals surface area (Å²) >= 11 is 0. The summed E-state index contributed by atoms with van der Waals surface area (Å²) in [5.41, 5.74) is 0.948. The minimum absolute atomic E-state index is 0.00875. The lowest BCUT2D eigenvalue weighted by Crippen LogP contribution is -2.54. The number of ether oxygens (including phenoxy) is 4. The van der Waals surface area contributed by atoms with Crippen molar-refractivity contribution in [3.63, 3.8) is 0 Å². The zero-order valence-corrected chi connectivity index (χ0v) is 13.2. The van der Waals surface area contributed by atoms with E-state index in [1.54, 1.807) is 7.11 Å². The number of hydrogen-bond acceptors (Lipinski definition) is 5. The molecule has 6 heteroatoms. The van der Waals surface area contributed by atoms with Crippen LogP contribution in [-0.4, -0.2) is 56.1 Å². The highest BCUT2D eigenvalue weighted by Gasteiger charge is 2.44. The molecule has 1 aromatic carbocycles. The predicted octanol–water partition coefficient (Wildman–Crippen LogP) is 1.36. The molecule has 2 heterocycles. The van der Waals surface area contributed by atoms with Gasteiger partial charge < -0.3 is 23.8 Å². The van der Waals surface area contributed by atoms with Crippen LogP contribution in [0.15, 0.2) is 18.2 Å². The smallest absolute Gasteiger partial charge is 0.231 e. The Morgan fingerprint density at radius 2 is 2.17 bits per heavy atom. The van der Waals surface area contributed by atoms with E-state index in [-0.39, 0.29) is 30.9 Å². The van der Waals surface area contributed by atoms with Gasteiger partial charge in [0.1, 0.15) is 6.10 Å². The summed E-state index contributed by atoms with van der Waals surface area (Å²) in [5, 5.41) is 0. The lowest BCUT2D eigenvalue weighted by molar-refractivity contribution is -0.149. The van der Waals surface area contributed by atoms with Crippen LogP contribution >= 0.6 is 0 Å². The molecule has 3 aliphatic rings. The number of carbonyl (C=O) groups excluding carboxylic acids is 1. The summed E-state index contributed by atoms with van der Waals surface area (Å²) in [7, 11) is 1.71. The minimum Gasteiger partial charge on any atom is -0.454 e. The van der Waals surface area contributed by atoms with Gasteiger partial charge in [0.2, 0.25) is 12.7 Å². The second-order valence-corrected chi connectivity index (χ2v) is 6.21. The number of morpholine rings is 1. The molecular formula is C17H21NO5. The summed E-state index contributed by atoms with van der Waals surface area (Å²) in [6.07, 6.45) is 2.36. The van der Waals surface area contributed by atoms with Crippen LogP contribution in [0.5, 0.6) is 11.5 Å². The molecule has 2 fully saturated rings. The number of benzene rings is 1. The topological polar surface area (TPSA) is 57.2 Å². The Labute approximate surface area is 135 Å². The summed E-state index contributed by atoms with van der Waals surface area (Å²) in [5.74, 6) is 1.60. The molecule has 1 aromatic rings. The van der Waals surface area contributed by atoms with Gasteiger partial charge in [0.05, 0.1) is 25.2 Å². The third-order valence-corrected chi connectivity index (χ3v) is 4.95. The van der Waals surface area contributed by atoms with Gasteiger partial charge in [0.25, 0.3) is 0 Å². The van der Waals surface area contributed by atoms with Crippen LogP contribution in [0.2, 0.25) is 0 Å². The summed E-state index contributed by atoms with van der Waals surface area (Å²) in [4.78, 5) is 14.7. The third kappa shape index (κ3) is 2.66. The Bertz CT molecular complexity index is 605. The molecule has 3 atom stereocenters. The quantitative estimate of drug-likeness (QED) is 0.842. The predicted molar refractivity (Wildman–Crippen MR) is 81.5 cm³/mol. The fourth-order valence-corrected chi connectivity index (χ4v) is 3.80. The van der Waals surface area contributed by atoms with Gasteiger partial charge in [-0.05, 0) is 30.5 Å². The Hall–Kier alpha value is -1.79. The molecule has 2 aliphatic heterocycles. The Kier molecular flexibility index (Phi) is 3.87. The fraction of sp³-hybridized carbons (Fsp3) is 0.588. The van der Waals surface area contributed by atoms with Crippen molar-refractivity contribution in [2.75, 3.05) is 27.1 Å². The van der Waals surface area contributed by atoms with E-state index in [1.165, 1.54) is 0 Å². The molecule has 0 spiro atoms. The van der Waals surface area contributed by atoms with E-state index < -0.39 is 0 Å². The van der Waals surface area contributed by atoms with Gasteiger partial charge in [0.15, 0.2) is 11.5 Å². The molecule has 1 amide bonds. The molecule has 4 rings (SSSR count). The zero-order valence-electron chi connectivity index (χ0n) is 13.2. The number of fused-ring (bicyclic) bond motifs is 2. The van der Waals surface area contributed by atoms with Crippen molar-refractivity contribution in [2.24, 2.45) is 0 Å². The van der Waals surface area contributed by atoms with Crippen LogP contribution in [-0.2, 0) is 20.7 Å². The van der Waals surface area contributed by atoms with E-state index in [0.29, 0.717) is 19.6 Å². The molecule has 0 unspecified atom stereocenters. The standard InChI is InChI=1S/C17H21NO5/c1-20-14-5-3-12-17(14)21-7-6-18(12)16(19)9-11-2-4-13-15(8-11)23-10-22-13/h2,4,8,12,14,17H,3,5-7,9-10H2,1H3/t12-,14-,17+/m1/s1. The van der Waals surface area contributed by atoms with E-state index in [9.17, 15) is 4.79 Å². The molecule has 0 bridgehead atoms. The molecule has 23 heavy (non-hydrogen) atoms. The van der Waals surface area contributed by atoms with Crippen LogP contribution in [0, 0.1) is 0 Å². The number of hydrogen-bond donors (Lipinski definition) is 0. The first-order valence-corrected chi connectivity index (χ1v) is 8.08. The van der Waals surface area contributed by atoms with Gasteiger partial charge >= 0.3 is 0 Å². The zero-order chi connectivity index (χ0) is 15.8. The first-order chi connectivity index (χ1) is 11.3. The van der Waals surface area contributed by atoms with Crippen molar-refractivity contribution >= 4 is 5.91 Å². The largest absolute Gasteiger partial charge is 0.454 e. The van der Waals surface area contributed by atoms with E-state index in [2.05, 4.69) is 0 Å². The molecule has 124 valence electrons. The maximum Gasteiger partial charge on any atom is 0.231 e. The normalized spacial score (nSPS) is 28.7. The highest BCUT2D eigenvalue weighted by molar-refractivity contribution is 5.79. The van der Waals surface area contributed by atoms with Crippen molar-refractivity contribution in [3.8, 4) is 11.5 Å². The van der Waals surface area contributed by atoms with Gasteiger partial charge in [-0.2, -0.15) is 0 Å². The van der Waals surface area contributed by atoms with Crippen molar-refractivity contribution in [3.05, 3.63) is 23.8 Å². The fourth-order valence-electron chi connectivity index (χ4n) is 3.80. The lowest BCUT2D eigenvalue weighted by atomic mass is 10.1. The van der Waals surface area contributed by atoms with Gasteiger partial charge in [-0.15, -0.1) is 0 Å². The van der Waals surface area contributed by atoms with Gasteiger partial charge in [-0.25, -0.2) is 0 Å². The molecule has 0 radical (unpaired) electrons. The monoisotopic (exact) mass is 319 g/mol. The summed E-state index contributed by atoms with van der Waals surface area (Å²) < 4.78 is 22.0. The highest BCUT2D eigenvalue weighted by atomic mass is 16.7.